The summed E-state index contributed by atoms with van der Waals surface area (Å²) in [5.41, 5.74) is 0.121. The largest absolute Gasteiger partial charge is 0.475 e. The normalized spacial score (nSPS) is 15.6. The van der Waals surface area contributed by atoms with E-state index in [1.807, 2.05) is 6.92 Å². The lowest BCUT2D eigenvalue weighted by molar-refractivity contribution is 0.195. The predicted octanol–water partition coefficient (Wildman–Crippen LogP) is 1.71. The molecule has 0 bridgehead atoms. The molecule has 0 unspecified atom stereocenters. The Labute approximate surface area is 190 Å². The van der Waals surface area contributed by atoms with Crippen molar-refractivity contribution >= 4 is 27.8 Å². The van der Waals surface area contributed by atoms with Crippen molar-refractivity contribution in [2.75, 3.05) is 50.7 Å². The Hall–Kier alpha value is -2.06. The quantitative estimate of drug-likeness (QED) is 0.384. The number of benzene rings is 1. The van der Waals surface area contributed by atoms with E-state index in [0.717, 1.165) is 24.4 Å². The minimum atomic E-state index is -3.86. The topological polar surface area (TPSA) is 108 Å². The van der Waals surface area contributed by atoms with Crippen LogP contribution in [-0.2, 0) is 16.0 Å². The van der Waals surface area contributed by atoms with Crippen LogP contribution in [0.3, 0.4) is 0 Å². The zero-order chi connectivity index (χ0) is 23.1. The maximum Gasteiger partial charge on any atom is 0.302 e. The van der Waals surface area contributed by atoms with Gasteiger partial charge in [0.15, 0.2) is 16.8 Å². The molecule has 1 aromatic carbocycles. The van der Waals surface area contributed by atoms with E-state index in [1.54, 1.807) is 0 Å². The van der Waals surface area contributed by atoms with Gasteiger partial charge in [-0.05, 0) is 12.6 Å². The Bertz CT molecular complexity index is 1020. The van der Waals surface area contributed by atoms with Gasteiger partial charge in [0, 0.05) is 43.6 Å². The Morgan fingerprint density at radius 3 is 2.66 bits per heavy atom. The standard InChI is InChI=1S/C19H25F2N5O4S2/c1-2-25-6-8-26(9-7-25)32(28,29)24-16-12-17(30-11-10-27)23-19(22-16)31-13-14-4-3-5-15(20)18(14)21/h3-5,12,27H,2,6-11,13H2,1H3,(H,22,23,24). The van der Waals surface area contributed by atoms with Crippen LogP contribution in [0.5, 0.6) is 5.88 Å². The summed E-state index contributed by atoms with van der Waals surface area (Å²) in [6.07, 6.45) is 0. The fourth-order valence-electron chi connectivity index (χ4n) is 3.03. The summed E-state index contributed by atoms with van der Waals surface area (Å²) in [6, 6.07) is 5.17. The van der Waals surface area contributed by atoms with E-state index in [4.69, 9.17) is 9.84 Å². The van der Waals surface area contributed by atoms with Gasteiger partial charge in [0.2, 0.25) is 5.88 Å². The third-order valence-electron chi connectivity index (χ3n) is 4.76. The van der Waals surface area contributed by atoms with Crippen LogP contribution in [-0.4, -0.2) is 78.6 Å². The van der Waals surface area contributed by atoms with Gasteiger partial charge >= 0.3 is 10.2 Å². The van der Waals surface area contributed by atoms with Crippen LogP contribution < -0.4 is 9.46 Å². The van der Waals surface area contributed by atoms with Crippen molar-refractivity contribution in [3.05, 3.63) is 41.5 Å². The first kappa shape index (κ1) is 24.6. The average molecular weight is 490 g/mol. The molecule has 0 saturated carbocycles. The number of nitrogens with one attached hydrogen (secondary N) is 1. The van der Waals surface area contributed by atoms with E-state index in [9.17, 15) is 17.2 Å². The Kier molecular flexibility index (Phi) is 8.59. The second-order valence-corrected chi connectivity index (χ2v) is 9.50. The van der Waals surface area contributed by atoms with Crippen molar-refractivity contribution in [3.8, 4) is 5.88 Å². The zero-order valence-corrected chi connectivity index (χ0v) is 19.1. The highest BCUT2D eigenvalue weighted by molar-refractivity contribution is 7.98. The number of nitrogens with zero attached hydrogens (tertiary/aromatic N) is 4. The van der Waals surface area contributed by atoms with Crippen molar-refractivity contribution in [2.24, 2.45) is 0 Å². The first-order chi connectivity index (χ1) is 15.3. The molecular formula is C19H25F2N5O4S2. The minimum absolute atomic E-state index is 0.0203. The number of anilines is 1. The number of ether oxygens (including phenoxy) is 1. The van der Waals surface area contributed by atoms with Crippen LogP contribution in [0.25, 0.3) is 0 Å². The molecule has 0 radical (unpaired) electrons. The van der Waals surface area contributed by atoms with E-state index in [2.05, 4.69) is 19.6 Å². The van der Waals surface area contributed by atoms with Gasteiger partial charge < -0.3 is 14.7 Å². The number of likely N-dealkylation sites (N-methyl/N-ethyl adjacent to an activating group) is 1. The molecule has 1 aliphatic heterocycles. The van der Waals surface area contributed by atoms with Crippen molar-refractivity contribution in [2.45, 2.75) is 17.8 Å². The first-order valence-electron chi connectivity index (χ1n) is 10.0. The van der Waals surface area contributed by atoms with Gasteiger partial charge in [0.25, 0.3) is 0 Å². The van der Waals surface area contributed by atoms with Crippen LogP contribution >= 0.6 is 11.8 Å². The maximum absolute atomic E-state index is 13.9. The third-order valence-corrected chi connectivity index (χ3v) is 7.17. The van der Waals surface area contributed by atoms with E-state index >= 15 is 0 Å². The number of aliphatic hydroxyl groups excluding tert-OH is 1. The fraction of sp³-hybridized carbons (Fsp3) is 0.474. The number of aromatic nitrogens is 2. The number of halogens is 2. The molecule has 2 aromatic rings. The van der Waals surface area contributed by atoms with Gasteiger partial charge in [-0.25, -0.2) is 13.8 Å². The monoisotopic (exact) mass is 489 g/mol. The summed E-state index contributed by atoms with van der Waals surface area (Å²) in [5.74, 6) is -1.86. The number of hydrogen-bond acceptors (Lipinski definition) is 8. The van der Waals surface area contributed by atoms with E-state index < -0.39 is 21.8 Å². The second-order valence-electron chi connectivity index (χ2n) is 6.89. The predicted molar refractivity (Wildman–Crippen MR) is 117 cm³/mol. The summed E-state index contributed by atoms with van der Waals surface area (Å²) in [5, 5.41) is 9.11. The lowest BCUT2D eigenvalue weighted by atomic mass is 10.2. The molecule has 2 N–H and O–H groups in total. The lowest BCUT2D eigenvalue weighted by Crippen LogP contribution is -2.50. The highest BCUT2D eigenvalue weighted by atomic mass is 32.2. The van der Waals surface area contributed by atoms with E-state index in [-0.39, 0.29) is 41.4 Å². The van der Waals surface area contributed by atoms with Crippen LogP contribution in [0.15, 0.2) is 29.4 Å². The van der Waals surface area contributed by atoms with Gasteiger partial charge in [0.1, 0.15) is 12.4 Å². The molecule has 32 heavy (non-hydrogen) atoms. The van der Waals surface area contributed by atoms with Crippen LogP contribution in [0, 0.1) is 11.6 Å². The average Bonchev–Trinajstić information content (AvgIpc) is 2.78. The fourth-order valence-corrected chi connectivity index (χ4v) is 5.00. The van der Waals surface area contributed by atoms with Gasteiger partial charge in [-0.3, -0.25) is 4.72 Å². The van der Waals surface area contributed by atoms with Crippen molar-refractivity contribution < 1.29 is 27.0 Å². The molecule has 0 aliphatic carbocycles. The molecule has 9 nitrogen and oxygen atoms in total. The van der Waals surface area contributed by atoms with Crippen LogP contribution in [0.1, 0.15) is 12.5 Å². The molecule has 0 amide bonds. The second kappa shape index (κ2) is 11.2. The molecule has 1 saturated heterocycles. The maximum atomic E-state index is 13.9. The van der Waals surface area contributed by atoms with Crippen molar-refractivity contribution in [3.63, 3.8) is 0 Å². The zero-order valence-electron chi connectivity index (χ0n) is 17.5. The molecule has 1 aromatic heterocycles. The van der Waals surface area contributed by atoms with Crippen LogP contribution in [0.4, 0.5) is 14.6 Å². The Morgan fingerprint density at radius 2 is 1.97 bits per heavy atom. The number of rotatable bonds is 10. The van der Waals surface area contributed by atoms with Crippen molar-refractivity contribution in [1.29, 1.82) is 0 Å². The lowest BCUT2D eigenvalue weighted by Gasteiger charge is -2.33. The van der Waals surface area contributed by atoms with Gasteiger partial charge in [-0.2, -0.15) is 17.7 Å². The van der Waals surface area contributed by atoms with E-state index in [0.29, 0.717) is 26.2 Å². The third kappa shape index (κ3) is 6.48. The summed E-state index contributed by atoms with van der Waals surface area (Å²) >= 11 is 0.997. The molecule has 1 aliphatic rings. The smallest absolute Gasteiger partial charge is 0.302 e. The molecule has 13 heteroatoms. The molecule has 0 spiro atoms. The molecular weight excluding hydrogens is 464 g/mol. The molecule has 176 valence electrons. The number of piperazine rings is 1. The first-order valence-corrected chi connectivity index (χ1v) is 12.4. The Morgan fingerprint density at radius 1 is 1.22 bits per heavy atom. The van der Waals surface area contributed by atoms with Gasteiger partial charge in [0.05, 0.1) is 6.61 Å². The number of thioether (sulfide) groups is 1. The highest BCUT2D eigenvalue weighted by Gasteiger charge is 2.27. The summed E-state index contributed by atoms with van der Waals surface area (Å²) < 4.78 is 62.1. The number of aliphatic hydroxyl groups is 1. The SMILES string of the molecule is CCN1CCN(S(=O)(=O)Nc2cc(OCCO)nc(SCc3cccc(F)c3F)n2)CC1. The van der Waals surface area contributed by atoms with Crippen LogP contribution in [0.2, 0.25) is 0 Å². The van der Waals surface area contributed by atoms with E-state index in [1.165, 1.54) is 22.5 Å². The summed E-state index contributed by atoms with van der Waals surface area (Å²) in [7, 11) is -3.86. The van der Waals surface area contributed by atoms with Crippen molar-refractivity contribution in [1.82, 2.24) is 19.2 Å². The summed E-state index contributed by atoms with van der Waals surface area (Å²) in [6.45, 7) is 4.52. The molecule has 1 fully saturated rings. The van der Waals surface area contributed by atoms with Gasteiger partial charge in [-0.1, -0.05) is 30.8 Å². The summed E-state index contributed by atoms with van der Waals surface area (Å²) in [4.78, 5) is 10.5. The highest BCUT2D eigenvalue weighted by Crippen LogP contribution is 2.26. The minimum Gasteiger partial charge on any atom is -0.475 e. The molecule has 3 rings (SSSR count). The number of hydrogen-bond donors (Lipinski definition) is 2. The molecule has 0 atom stereocenters. The Balaban J connectivity index is 1.76. The van der Waals surface area contributed by atoms with Gasteiger partial charge in [-0.15, -0.1) is 0 Å². The molecule has 2 heterocycles.